The fourth-order valence-corrected chi connectivity index (χ4v) is 2.53. The normalized spacial score (nSPS) is 16.2. The van der Waals surface area contributed by atoms with Gasteiger partial charge in [-0.1, -0.05) is 25.7 Å². The second kappa shape index (κ2) is 6.74. The number of hydrogen-bond donors (Lipinski definition) is 1. The van der Waals surface area contributed by atoms with E-state index in [0.717, 1.165) is 56.8 Å². The molecule has 4 heteroatoms. The highest BCUT2D eigenvalue weighted by Gasteiger charge is 2.11. The number of aryl methyl sites for hydroxylation is 2. The van der Waals surface area contributed by atoms with Gasteiger partial charge < -0.3 is 5.32 Å². The van der Waals surface area contributed by atoms with E-state index in [4.69, 9.17) is 0 Å². The van der Waals surface area contributed by atoms with Crippen molar-refractivity contribution < 1.29 is 0 Å². The maximum atomic E-state index is 4.56. The van der Waals surface area contributed by atoms with Crippen LogP contribution in [0.25, 0.3) is 0 Å². The van der Waals surface area contributed by atoms with Crippen molar-refractivity contribution in [2.45, 2.75) is 26.7 Å². The van der Waals surface area contributed by atoms with Crippen LogP contribution < -0.4 is 5.32 Å². The number of hydrogen-bond acceptors (Lipinski definition) is 3. The van der Waals surface area contributed by atoms with Crippen molar-refractivity contribution in [3.63, 3.8) is 0 Å². The molecule has 0 saturated carbocycles. The molecule has 2 heterocycles. The van der Waals surface area contributed by atoms with E-state index in [1.54, 1.807) is 0 Å². The summed E-state index contributed by atoms with van der Waals surface area (Å²) in [6.45, 7) is 9.53. The van der Waals surface area contributed by atoms with Gasteiger partial charge in [-0.15, -0.1) is 0 Å². The zero-order chi connectivity index (χ0) is 13.7. The number of nitrogens with zero attached hydrogens (tertiary/aromatic N) is 3. The van der Waals surface area contributed by atoms with Crippen LogP contribution in [0.5, 0.6) is 0 Å². The summed E-state index contributed by atoms with van der Waals surface area (Å²) in [5, 5.41) is 7.92. The predicted molar refractivity (Wildman–Crippen MR) is 78.2 cm³/mol. The molecule has 1 fully saturated rings. The van der Waals surface area contributed by atoms with E-state index < -0.39 is 0 Å². The lowest BCUT2D eigenvalue weighted by Crippen LogP contribution is -2.43. The second-order valence-corrected chi connectivity index (χ2v) is 4.93. The summed E-state index contributed by atoms with van der Waals surface area (Å²) < 4.78 is 1.98. The smallest absolute Gasteiger partial charge is 0.0781 e. The molecular formula is C15H24N4. The van der Waals surface area contributed by atoms with Crippen LogP contribution in [0.3, 0.4) is 0 Å². The molecule has 1 N–H and O–H groups in total. The number of piperazine rings is 1. The Morgan fingerprint density at radius 2 is 1.95 bits per heavy atom. The second-order valence-electron chi connectivity index (χ2n) is 4.93. The highest BCUT2D eigenvalue weighted by Crippen LogP contribution is 2.13. The van der Waals surface area contributed by atoms with Gasteiger partial charge in [0.05, 0.1) is 23.5 Å². The first kappa shape index (κ1) is 14.1. The van der Waals surface area contributed by atoms with E-state index in [9.17, 15) is 0 Å². The highest BCUT2D eigenvalue weighted by atomic mass is 15.3. The Bertz CT molecular complexity index is 472. The third kappa shape index (κ3) is 3.37. The minimum atomic E-state index is 0.864. The fraction of sp³-hybridized carbons (Fsp3) is 0.667. The molecule has 0 radical (unpaired) electrons. The molecule has 1 saturated heterocycles. The van der Waals surface area contributed by atoms with Gasteiger partial charge in [-0.3, -0.25) is 9.58 Å². The number of rotatable bonds is 3. The van der Waals surface area contributed by atoms with Gasteiger partial charge in [0.15, 0.2) is 0 Å². The molecule has 0 aliphatic carbocycles. The van der Waals surface area contributed by atoms with Crippen molar-refractivity contribution in [1.29, 1.82) is 0 Å². The van der Waals surface area contributed by atoms with Crippen LogP contribution in [0, 0.1) is 11.8 Å². The molecule has 1 aliphatic rings. The molecule has 0 bridgehead atoms. The molecular weight excluding hydrogens is 236 g/mol. The number of aromatic nitrogens is 2. The Morgan fingerprint density at radius 1 is 1.21 bits per heavy atom. The van der Waals surface area contributed by atoms with Gasteiger partial charge in [0, 0.05) is 33.2 Å². The molecule has 2 rings (SSSR count). The third-order valence-electron chi connectivity index (χ3n) is 3.63. The molecule has 1 aromatic rings. The van der Waals surface area contributed by atoms with Crippen molar-refractivity contribution in [1.82, 2.24) is 20.0 Å². The summed E-state index contributed by atoms with van der Waals surface area (Å²) >= 11 is 0. The average molecular weight is 260 g/mol. The van der Waals surface area contributed by atoms with Crippen molar-refractivity contribution in [2.75, 3.05) is 32.7 Å². The lowest BCUT2D eigenvalue weighted by molar-refractivity contribution is 0.268. The topological polar surface area (TPSA) is 33.1 Å². The van der Waals surface area contributed by atoms with Crippen molar-refractivity contribution in [2.24, 2.45) is 7.05 Å². The molecule has 104 valence electrons. The van der Waals surface area contributed by atoms with Crippen LogP contribution >= 0.6 is 0 Å². The zero-order valence-corrected chi connectivity index (χ0v) is 12.3. The van der Waals surface area contributed by atoms with E-state index in [1.165, 1.54) is 5.69 Å². The van der Waals surface area contributed by atoms with E-state index >= 15 is 0 Å². The first-order valence-corrected chi connectivity index (χ1v) is 7.23. The van der Waals surface area contributed by atoms with E-state index in [-0.39, 0.29) is 0 Å². The lowest BCUT2D eigenvalue weighted by Gasteiger charge is -2.24. The third-order valence-corrected chi connectivity index (χ3v) is 3.63. The summed E-state index contributed by atoms with van der Waals surface area (Å²) in [7, 11) is 2.01. The van der Waals surface area contributed by atoms with Gasteiger partial charge in [-0.25, -0.2) is 0 Å². The van der Waals surface area contributed by atoms with Crippen LogP contribution in [-0.4, -0.2) is 47.4 Å². The summed E-state index contributed by atoms with van der Waals surface area (Å²) in [5.41, 5.74) is 3.54. The minimum Gasteiger partial charge on any atom is -0.314 e. The molecule has 0 amide bonds. The molecule has 0 aromatic carbocycles. The van der Waals surface area contributed by atoms with Gasteiger partial charge in [-0.2, -0.15) is 5.10 Å². The van der Waals surface area contributed by atoms with Crippen molar-refractivity contribution in [3.05, 3.63) is 17.0 Å². The summed E-state index contributed by atoms with van der Waals surface area (Å²) in [6.07, 6.45) is 1.94. The predicted octanol–water partition coefficient (Wildman–Crippen LogP) is 0.802. The minimum absolute atomic E-state index is 0.864. The molecule has 1 aliphatic heterocycles. The van der Waals surface area contributed by atoms with Crippen LogP contribution in [0.15, 0.2) is 0 Å². The Kier molecular flexibility index (Phi) is 5.00. The van der Waals surface area contributed by atoms with Crippen molar-refractivity contribution in [3.8, 4) is 11.8 Å². The van der Waals surface area contributed by atoms with E-state index in [0.29, 0.717) is 0 Å². The molecule has 0 spiro atoms. The van der Waals surface area contributed by atoms with Crippen molar-refractivity contribution >= 4 is 0 Å². The molecule has 19 heavy (non-hydrogen) atoms. The average Bonchev–Trinajstić information content (AvgIpc) is 2.75. The van der Waals surface area contributed by atoms with Gasteiger partial charge in [-0.05, 0) is 12.8 Å². The van der Waals surface area contributed by atoms with E-state index in [1.807, 2.05) is 11.7 Å². The molecule has 1 aromatic heterocycles. The molecule has 0 atom stereocenters. The van der Waals surface area contributed by atoms with Gasteiger partial charge in [0.2, 0.25) is 0 Å². The largest absolute Gasteiger partial charge is 0.314 e. The summed E-state index contributed by atoms with van der Waals surface area (Å²) in [5.74, 6) is 6.69. The first-order chi connectivity index (χ1) is 9.26. The monoisotopic (exact) mass is 260 g/mol. The first-order valence-electron chi connectivity index (χ1n) is 7.23. The summed E-state index contributed by atoms with van der Waals surface area (Å²) in [4.78, 5) is 2.40. The quantitative estimate of drug-likeness (QED) is 0.816. The van der Waals surface area contributed by atoms with Gasteiger partial charge in [0.1, 0.15) is 0 Å². The maximum Gasteiger partial charge on any atom is 0.0781 e. The van der Waals surface area contributed by atoms with E-state index in [2.05, 4.69) is 41.0 Å². The Balaban J connectivity index is 2.09. The van der Waals surface area contributed by atoms with Crippen LogP contribution in [-0.2, 0) is 19.9 Å². The van der Waals surface area contributed by atoms with Crippen LogP contribution in [0.1, 0.15) is 30.8 Å². The van der Waals surface area contributed by atoms with Crippen LogP contribution in [0.4, 0.5) is 0 Å². The Morgan fingerprint density at radius 3 is 2.58 bits per heavy atom. The Hall–Kier alpha value is -1.31. The van der Waals surface area contributed by atoms with Crippen LogP contribution in [0.2, 0.25) is 0 Å². The van der Waals surface area contributed by atoms with Gasteiger partial charge in [0.25, 0.3) is 0 Å². The summed E-state index contributed by atoms with van der Waals surface area (Å²) in [6, 6.07) is 0. The molecule has 0 unspecified atom stereocenters. The highest BCUT2D eigenvalue weighted by molar-refractivity contribution is 5.42. The fourth-order valence-electron chi connectivity index (χ4n) is 2.53. The SMILES string of the molecule is CCc1nn(C)c(CC)c1C#CCN1CCNCC1. The standard InChI is InChI=1S/C15H24N4/c1-4-14-13(15(5-2)18(3)17-14)7-6-10-19-11-8-16-9-12-19/h16H,4-5,8-12H2,1-3H3. The lowest BCUT2D eigenvalue weighted by atomic mass is 10.1. The maximum absolute atomic E-state index is 4.56. The molecule has 4 nitrogen and oxygen atoms in total. The van der Waals surface area contributed by atoms with Gasteiger partial charge >= 0.3 is 0 Å². The Labute approximate surface area is 116 Å². The zero-order valence-electron chi connectivity index (χ0n) is 12.3. The number of nitrogens with one attached hydrogen (secondary N) is 1.